The van der Waals surface area contributed by atoms with Gasteiger partial charge >= 0.3 is 0 Å². The van der Waals surface area contributed by atoms with E-state index in [0.717, 1.165) is 12.0 Å². The number of benzene rings is 2. The molecule has 0 aromatic heterocycles. The van der Waals surface area contributed by atoms with Crippen LogP contribution in [0.4, 0.5) is 0 Å². The number of carbonyl (C=O) groups is 2. The lowest BCUT2D eigenvalue weighted by Crippen LogP contribution is -2.49. The summed E-state index contributed by atoms with van der Waals surface area (Å²) in [7, 11) is 0. The van der Waals surface area contributed by atoms with Crippen molar-refractivity contribution < 1.29 is 14.3 Å². The fraction of sp³-hybridized carbons (Fsp3) is 0.417. The van der Waals surface area contributed by atoms with E-state index in [4.69, 9.17) is 16.3 Å². The van der Waals surface area contributed by atoms with Gasteiger partial charge in [0.25, 0.3) is 5.91 Å². The van der Waals surface area contributed by atoms with E-state index in [1.54, 1.807) is 24.0 Å². The van der Waals surface area contributed by atoms with E-state index in [2.05, 4.69) is 12.2 Å². The molecule has 0 aliphatic heterocycles. The summed E-state index contributed by atoms with van der Waals surface area (Å²) in [5.74, 6) is 0.523. The number of rotatable bonds is 10. The largest absolute Gasteiger partial charge is 0.484 e. The second-order valence-corrected chi connectivity index (χ2v) is 8.19. The van der Waals surface area contributed by atoms with Crippen molar-refractivity contribution in [1.29, 1.82) is 0 Å². The van der Waals surface area contributed by atoms with E-state index in [1.165, 1.54) is 5.56 Å². The Bertz CT molecular complexity index is 819. The van der Waals surface area contributed by atoms with Crippen LogP contribution in [0.15, 0.2) is 48.5 Å². The quantitative estimate of drug-likeness (QED) is 0.605. The molecule has 2 aromatic carbocycles. The van der Waals surface area contributed by atoms with Crippen molar-refractivity contribution >= 4 is 23.4 Å². The molecule has 162 valence electrons. The van der Waals surface area contributed by atoms with Crippen LogP contribution in [0.1, 0.15) is 38.8 Å². The number of carbonyl (C=O) groups excluding carboxylic acids is 2. The van der Waals surface area contributed by atoms with Crippen molar-refractivity contribution in [3.8, 4) is 5.75 Å². The van der Waals surface area contributed by atoms with Gasteiger partial charge in [0.15, 0.2) is 6.61 Å². The highest BCUT2D eigenvalue weighted by Gasteiger charge is 2.26. The van der Waals surface area contributed by atoms with E-state index in [1.807, 2.05) is 50.2 Å². The number of hydrogen-bond acceptors (Lipinski definition) is 3. The van der Waals surface area contributed by atoms with Crippen molar-refractivity contribution in [2.45, 2.75) is 46.7 Å². The number of nitrogens with zero attached hydrogens (tertiary/aromatic N) is 1. The maximum atomic E-state index is 13.0. The number of halogens is 1. The average Bonchev–Trinajstić information content (AvgIpc) is 2.75. The van der Waals surface area contributed by atoms with Crippen molar-refractivity contribution in [3.05, 3.63) is 64.7 Å². The monoisotopic (exact) mass is 430 g/mol. The van der Waals surface area contributed by atoms with Crippen molar-refractivity contribution in [3.63, 3.8) is 0 Å². The van der Waals surface area contributed by atoms with Crippen LogP contribution in [0.5, 0.6) is 5.75 Å². The Labute approximate surface area is 184 Å². The fourth-order valence-electron chi connectivity index (χ4n) is 2.87. The molecule has 0 spiro atoms. The Kier molecular flexibility index (Phi) is 9.18. The van der Waals surface area contributed by atoms with E-state index < -0.39 is 6.04 Å². The Morgan fingerprint density at radius 2 is 1.60 bits per heavy atom. The van der Waals surface area contributed by atoms with Crippen LogP contribution in [0, 0.1) is 5.92 Å². The van der Waals surface area contributed by atoms with E-state index in [9.17, 15) is 9.59 Å². The lowest BCUT2D eigenvalue weighted by Gasteiger charge is -2.29. The van der Waals surface area contributed by atoms with Crippen LogP contribution in [0.2, 0.25) is 5.02 Å². The molecule has 0 heterocycles. The SMILES string of the molecule is CCc1ccc(OCC(=O)N(Cc2ccc(Cl)cc2)[C@H](C)C(=O)NCC(C)C)cc1. The number of amides is 2. The number of ether oxygens (including phenoxy) is 1. The molecule has 0 aliphatic carbocycles. The van der Waals surface area contributed by atoms with Crippen LogP contribution in [-0.2, 0) is 22.6 Å². The first-order valence-electron chi connectivity index (χ1n) is 10.3. The summed E-state index contributed by atoms with van der Waals surface area (Å²) in [6, 6.07) is 14.3. The summed E-state index contributed by atoms with van der Waals surface area (Å²) in [6.45, 7) is 8.59. The Balaban J connectivity index is 2.10. The smallest absolute Gasteiger partial charge is 0.261 e. The standard InChI is InChI=1S/C24H31ClN2O3/c1-5-19-8-12-22(13-9-19)30-16-23(28)27(15-20-6-10-21(25)11-7-20)18(4)24(29)26-14-17(2)3/h6-13,17-18H,5,14-16H2,1-4H3,(H,26,29)/t18-/m1/s1. The Morgan fingerprint density at radius 3 is 2.17 bits per heavy atom. The van der Waals surface area contributed by atoms with Gasteiger partial charge in [0.1, 0.15) is 11.8 Å². The molecular formula is C24H31ClN2O3. The van der Waals surface area contributed by atoms with E-state index in [-0.39, 0.29) is 18.4 Å². The van der Waals surface area contributed by atoms with Gasteiger partial charge in [-0.3, -0.25) is 9.59 Å². The molecule has 2 amide bonds. The first-order chi connectivity index (χ1) is 14.3. The predicted octanol–water partition coefficient (Wildman–Crippen LogP) is 4.47. The van der Waals surface area contributed by atoms with Gasteiger partial charge in [-0.15, -0.1) is 0 Å². The van der Waals surface area contributed by atoms with Crippen LogP contribution >= 0.6 is 11.6 Å². The number of hydrogen-bond donors (Lipinski definition) is 1. The average molecular weight is 431 g/mol. The summed E-state index contributed by atoms with van der Waals surface area (Å²) in [5.41, 5.74) is 2.09. The molecule has 1 N–H and O–H groups in total. The highest BCUT2D eigenvalue weighted by atomic mass is 35.5. The summed E-state index contributed by atoms with van der Waals surface area (Å²) < 4.78 is 5.69. The number of nitrogens with one attached hydrogen (secondary N) is 1. The highest BCUT2D eigenvalue weighted by Crippen LogP contribution is 2.16. The summed E-state index contributed by atoms with van der Waals surface area (Å²) in [5, 5.41) is 3.53. The maximum Gasteiger partial charge on any atom is 0.261 e. The molecule has 0 fully saturated rings. The lowest BCUT2D eigenvalue weighted by molar-refractivity contribution is -0.142. The van der Waals surface area contributed by atoms with Gasteiger partial charge in [0, 0.05) is 18.1 Å². The zero-order chi connectivity index (χ0) is 22.1. The van der Waals surface area contributed by atoms with Gasteiger partial charge in [-0.05, 0) is 54.7 Å². The zero-order valence-corrected chi connectivity index (χ0v) is 18.9. The van der Waals surface area contributed by atoms with Crippen LogP contribution < -0.4 is 10.1 Å². The van der Waals surface area contributed by atoms with E-state index in [0.29, 0.717) is 29.8 Å². The third kappa shape index (κ3) is 7.38. The summed E-state index contributed by atoms with van der Waals surface area (Å²) >= 11 is 5.97. The van der Waals surface area contributed by atoms with Gasteiger partial charge in [0.05, 0.1) is 0 Å². The van der Waals surface area contributed by atoms with Gasteiger partial charge in [-0.1, -0.05) is 56.6 Å². The molecule has 5 nitrogen and oxygen atoms in total. The molecule has 2 aromatic rings. The van der Waals surface area contributed by atoms with Gasteiger partial charge in [-0.25, -0.2) is 0 Å². The minimum absolute atomic E-state index is 0.138. The second-order valence-electron chi connectivity index (χ2n) is 7.75. The first kappa shape index (κ1) is 23.7. The Morgan fingerprint density at radius 1 is 1.00 bits per heavy atom. The molecule has 0 radical (unpaired) electrons. The molecule has 6 heteroatoms. The lowest BCUT2D eigenvalue weighted by atomic mass is 10.1. The third-order valence-electron chi connectivity index (χ3n) is 4.81. The van der Waals surface area contributed by atoms with E-state index >= 15 is 0 Å². The fourth-order valence-corrected chi connectivity index (χ4v) is 3.00. The minimum atomic E-state index is -0.627. The van der Waals surface area contributed by atoms with Gasteiger partial charge < -0.3 is 15.0 Å². The predicted molar refractivity (Wildman–Crippen MR) is 121 cm³/mol. The molecule has 1 atom stereocenters. The Hall–Kier alpha value is -2.53. The van der Waals surface area contributed by atoms with Crippen molar-refractivity contribution in [1.82, 2.24) is 10.2 Å². The molecule has 0 unspecified atom stereocenters. The molecule has 0 saturated heterocycles. The van der Waals surface area contributed by atoms with Crippen molar-refractivity contribution in [2.75, 3.05) is 13.2 Å². The first-order valence-corrected chi connectivity index (χ1v) is 10.7. The molecule has 0 saturated carbocycles. The molecular weight excluding hydrogens is 400 g/mol. The minimum Gasteiger partial charge on any atom is -0.484 e. The summed E-state index contributed by atoms with van der Waals surface area (Å²) in [4.78, 5) is 27.1. The zero-order valence-electron chi connectivity index (χ0n) is 18.2. The third-order valence-corrected chi connectivity index (χ3v) is 5.06. The summed E-state index contributed by atoms with van der Waals surface area (Å²) in [6.07, 6.45) is 0.942. The second kappa shape index (κ2) is 11.6. The van der Waals surface area contributed by atoms with Crippen LogP contribution in [0.25, 0.3) is 0 Å². The maximum absolute atomic E-state index is 13.0. The van der Waals surface area contributed by atoms with Crippen molar-refractivity contribution in [2.24, 2.45) is 5.92 Å². The van der Waals surface area contributed by atoms with Gasteiger partial charge in [-0.2, -0.15) is 0 Å². The molecule has 0 bridgehead atoms. The topological polar surface area (TPSA) is 58.6 Å². The number of aryl methyl sites for hydroxylation is 1. The highest BCUT2D eigenvalue weighted by molar-refractivity contribution is 6.30. The van der Waals surface area contributed by atoms with Crippen LogP contribution in [-0.4, -0.2) is 35.9 Å². The normalized spacial score (nSPS) is 11.8. The van der Waals surface area contributed by atoms with Crippen LogP contribution in [0.3, 0.4) is 0 Å². The molecule has 0 aliphatic rings. The molecule has 30 heavy (non-hydrogen) atoms. The van der Waals surface area contributed by atoms with Gasteiger partial charge in [0.2, 0.25) is 5.91 Å². The molecule has 2 rings (SSSR count).